The number of hydrogen-bond acceptors (Lipinski definition) is 6. The largest absolute Gasteiger partial charge is 0.497 e. The number of thiophene rings is 1. The van der Waals surface area contributed by atoms with Crippen LogP contribution in [0.5, 0.6) is 5.75 Å². The Hall–Kier alpha value is -3.19. The van der Waals surface area contributed by atoms with E-state index in [1.54, 1.807) is 18.4 Å². The first-order valence-electron chi connectivity index (χ1n) is 8.91. The fourth-order valence-electron chi connectivity index (χ4n) is 2.88. The van der Waals surface area contributed by atoms with Crippen molar-refractivity contribution < 1.29 is 14.1 Å². The molecule has 2 heterocycles. The molecule has 0 aliphatic carbocycles. The van der Waals surface area contributed by atoms with Gasteiger partial charge in [0.1, 0.15) is 5.75 Å². The highest BCUT2D eigenvalue weighted by Crippen LogP contribution is 2.22. The number of ether oxygens (including phenoxy) is 1. The lowest BCUT2D eigenvalue weighted by atomic mass is 10.1. The smallest absolute Gasteiger partial charge is 0.227 e. The van der Waals surface area contributed by atoms with Crippen LogP contribution in [0.1, 0.15) is 17.9 Å². The van der Waals surface area contributed by atoms with Gasteiger partial charge in [-0.2, -0.15) is 4.98 Å². The monoisotopic (exact) mass is 393 g/mol. The van der Waals surface area contributed by atoms with Crippen LogP contribution in [0.3, 0.4) is 0 Å². The molecule has 4 rings (SSSR count). The zero-order chi connectivity index (χ0) is 19.3. The molecule has 6 nitrogen and oxygen atoms in total. The fourth-order valence-corrected chi connectivity index (χ4v) is 3.53. The summed E-state index contributed by atoms with van der Waals surface area (Å²) in [6, 6.07) is 15.9. The number of hydrogen-bond donors (Lipinski definition) is 1. The van der Waals surface area contributed by atoms with E-state index < -0.39 is 0 Å². The van der Waals surface area contributed by atoms with Crippen LogP contribution < -0.4 is 10.1 Å². The van der Waals surface area contributed by atoms with Gasteiger partial charge in [-0.05, 0) is 46.0 Å². The lowest BCUT2D eigenvalue weighted by Crippen LogP contribution is -2.23. The van der Waals surface area contributed by atoms with Crippen LogP contribution in [0, 0.1) is 0 Å². The van der Waals surface area contributed by atoms with Gasteiger partial charge in [-0.3, -0.25) is 4.79 Å². The molecule has 28 heavy (non-hydrogen) atoms. The second-order valence-corrected chi connectivity index (χ2v) is 7.26. The minimum Gasteiger partial charge on any atom is -0.497 e. The number of nitrogens with zero attached hydrogens (tertiary/aromatic N) is 2. The van der Waals surface area contributed by atoms with E-state index in [4.69, 9.17) is 9.26 Å². The van der Waals surface area contributed by atoms with E-state index in [1.807, 2.05) is 47.8 Å². The molecule has 0 spiro atoms. The lowest BCUT2D eigenvalue weighted by Gasteiger charge is -2.07. The van der Waals surface area contributed by atoms with E-state index in [0.29, 0.717) is 31.1 Å². The van der Waals surface area contributed by atoms with Crippen LogP contribution in [-0.4, -0.2) is 23.2 Å². The van der Waals surface area contributed by atoms with Crippen molar-refractivity contribution in [2.45, 2.75) is 19.4 Å². The highest BCUT2D eigenvalue weighted by atomic mass is 32.1. The van der Waals surface area contributed by atoms with Crippen LogP contribution in [0.25, 0.3) is 21.5 Å². The van der Waals surface area contributed by atoms with E-state index in [2.05, 4.69) is 21.5 Å². The summed E-state index contributed by atoms with van der Waals surface area (Å²) in [4.78, 5) is 17.4. The maximum Gasteiger partial charge on any atom is 0.227 e. The van der Waals surface area contributed by atoms with Crippen LogP contribution in [0.2, 0.25) is 0 Å². The number of amides is 1. The molecule has 0 bridgehead atoms. The number of rotatable bonds is 7. The summed E-state index contributed by atoms with van der Waals surface area (Å²) in [7, 11) is 1.66. The van der Waals surface area contributed by atoms with E-state index in [-0.39, 0.29) is 5.91 Å². The third-order valence-corrected chi connectivity index (χ3v) is 5.24. The number of nitrogens with one attached hydrogen (secondary N) is 1. The van der Waals surface area contributed by atoms with Gasteiger partial charge >= 0.3 is 0 Å². The summed E-state index contributed by atoms with van der Waals surface area (Å²) < 4.78 is 10.5. The van der Waals surface area contributed by atoms with Gasteiger partial charge < -0.3 is 14.6 Å². The van der Waals surface area contributed by atoms with Crippen molar-refractivity contribution in [3.05, 3.63) is 65.4 Å². The minimum absolute atomic E-state index is 0.0503. The second-order valence-electron chi connectivity index (χ2n) is 6.31. The third-order valence-electron chi connectivity index (χ3n) is 4.38. The molecule has 0 radical (unpaired) electrons. The Morgan fingerprint density at radius 3 is 2.86 bits per heavy atom. The molecule has 142 valence electrons. The second kappa shape index (κ2) is 8.22. The molecule has 0 fully saturated rings. The Bertz CT molecular complexity index is 1090. The Morgan fingerprint density at radius 1 is 1.18 bits per heavy atom. The Labute approximate surface area is 166 Å². The molecule has 1 amide bonds. The zero-order valence-electron chi connectivity index (χ0n) is 15.3. The summed E-state index contributed by atoms with van der Waals surface area (Å²) >= 11 is 1.55. The van der Waals surface area contributed by atoms with Gasteiger partial charge in [0.25, 0.3) is 0 Å². The molecule has 1 N–H and O–H groups in total. The summed E-state index contributed by atoms with van der Waals surface area (Å²) in [5.74, 6) is 1.82. The van der Waals surface area contributed by atoms with Crippen LogP contribution in [0.4, 0.5) is 0 Å². The van der Waals surface area contributed by atoms with Gasteiger partial charge in [0.2, 0.25) is 17.6 Å². The number of methoxy groups -OCH3 is 1. The molecule has 0 unspecified atom stereocenters. The fraction of sp³-hybridized carbons (Fsp3) is 0.190. The minimum atomic E-state index is -0.0503. The van der Waals surface area contributed by atoms with Crippen LogP contribution in [-0.2, 0) is 17.8 Å². The van der Waals surface area contributed by atoms with Gasteiger partial charge in [0, 0.05) is 19.4 Å². The summed E-state index contributed by atoms with van der Waals surface area (Å²) in [5.41, 5.74) is 1.05. The lowest BCUT2D eigenvalue weighted by molar-refractivity contribution is -0.121. The van der Waals surface area contributed by atoms with E-state index in [9.17, 15) is 4.79 Å². The van der Waals surface area contributed by atoms with Crippen LogP contribution in [0.15, 0.2) is 58.4 Å². The van der Waals surface area contributed by atoms with E-state index in [0.717, 1.165) is 27.0 Å². The van der Waals surface area contributed by atoms with Crippen LogP contribution >= 0.6 is 11.3 Å². The normalized spacial score (nSPS) is 10.9. The molecule has 2 aromatic heterocycles. The number of aryl methyl sites for hydroxylation is 1. The quantitative estimate of drug-likeness (QED) is 0.509. The number of carbonyl (C=O) groups is 1. The number of carbonyl (C=O) groups excluding carboxylic acids is 1. The average molecular weight is 393 g/mol. The van der Waals surface area contributed by atoms with Gasteiger partial charge in [-0.1, -0.05) is 29.4 Å². The molecule has 7 heteroatoms. The molecular weight excluding hydrogens is 374 g/mol. The van der Waals surface area contributed by atoms with Gasteiger partial charge in [-0.25, -0.2) is 0 Å². The number of aromatic nitrogens is 2. The van der Waals surface area contributed by atoms with Gasteiger partial charge in [-0.15, -0.1) is 11.3 Å². The zero-order valence-corrected chi connectivity index (χ0v) is 16.2. The van der Waals surface area contributed by atoms with Crippen molar-refractivity contribution in [3.63, 3.8) is 0 Å². The Kier molecular flexibility index (Phi) is 5.34. The maximum atomic E-state index is 12.2. The molecule has 0 aliphatic rings. The summed E-state index contributed by atoms with van der Waals surface area (Å²) in [6.45, 7) is 0.477. The molecule has 0 saturated carbocycles. The number of benzene rings is 2. The summed E-state index contributed by atoms with van der Waals surface area (Å²) in [6.07, 6.45) is 0.721. The van der Waals surface area contributed by atoms with Gasteiger partial charge in [0.15, 0.2) is 0 Å². The predicted molar refractivity (Wildman–Crippen MR) is 108 cm³/mol. The average Bonchev–Trinajstić information content (AvgIpc) is 3.41. The Morgan fingerprint density at radius 2 is 2.04 bits per heavy atom. The van der Waals surface area contributed by atoms with Crippen molar-refractivity contribution in [1.82, 2.24) is 15.5 Å². The topological polar surface area (TPSA) is 77.2 Å². The maximum absolute atomic E-state index is 12.2. The standard InChI is InChI=1S/C21H19N3O3S/c1-26-17-7-6-15-11-14(4-5-16(15)12-17)13-22-19(25)8-9-20-23-21(24-27-20)18-3-2-10-28-18/h2-7,10-12H,8-9,13H2,1H3,(H,22,25). The van der Waals surface area contributed by atoms with Gasteiger partial charge in [0.05, 0.1) is 12.0 Å². The third kappa shape index (κ3) is 4.20. The predicted octanol–water partition coefficient (Wildman–Crippen LogP) is 4.21. The molecule has 4 aromatic rings. The highest BCUT2D eigenvalue weighted by Gasteiger charge is 2.11. The van der Waals surface area contributed by atoms with E-state index >= 15 is 0 Å². The molecule has 2 aromatic carbocycles. The highest BCUT2D eigenvalue weighted by molar-refractivity contribution is 7.13. The summed E-state index contributed by atoms with van der Waals surface area (Å²) in [5, 5.41) is 11.1. The molecular formula is C21H19N3O3S. The SMILES string of the molecule is COc1ccc2cc(CNC(=O)CCc3nc(-c4cccs4)no3)ccc2c1. The Balaban J connectivity index is 1.30. The molecule has 0 aliphatic heterocycles. The van der Waals surface area contributed by atoms with Crippen molar-refractivity contribution in [3.8, 4) is 16.5 Å². The molecule has 0 saturated heterocycles. The van der Waals surface area contributed by atoms with Crippen molar-refractivity contribution in [2.24, 2.45) is 0 Å². The van der Waals surface area contributed by atoms with Crippen molar-refractivity contribution in [1.29, 1.82) is 0 Å². The first-order valence-corrected chi connectivity index (χ1v) is 9.79. The van der Waals surface area contributed by atoms with Crippen molar-refractivity contribution in [2.75, 3.05) is 7.11 Å². The first-order chi connectivity index (χ1) is 13.7. The first kappa shape index (κ1) is 18.2. The number of fused-ring (bicyclic) bond motifs is 1. The molecule has 0 atom stereocenters. The van der Waals surface area contributed by atoms with E-state index in [1.165, 1.54) is 0 Å². The van der Waals surface area contributed by atoms with Crippen molar-refractivity contribution >= 4 is 28.0 Å².